The number of hydrogen-bond acceptors (Lipinski definition) is 7. The van der Waals surface area contributed by atoms with Crippen LogP contribution >= 0.6 is 0 Å². The van der Waals surface area contributed by atoms with Gasteiger partial charge in [-0.05, 0) is 18.6 Å². The van der Waals surface area contributed by atoms with Crippen LogP contribution < -0.4 is 15.8 Å². The number of nitrogens with one attached hydrogen (secondary N) is 2. The van der Waals surface area contributed by atoms with Gasteiger partial charge in [0.15, 0.2) is 5.82 Å². The lowest BCUT2D eigenvalue weighted by Crippen LogP contribution is -2.46. The number of anilines is 2. The van der Waals surface area contributed by atoms with Gasteiger partial charge in [0.05, 0.1) is 11.4 Å². The fraction of sp³-hybridized carbons (Fsp3) is 0.364. The zero-order valence-electron chi connectivity index (χ0n) is 18.1. The van der Waals surface area contributed by atoms with Crippen molar-refractivity contribution in [3.63, 3.8) is 0 Å². The molecule has 32 heavy (non-hydrogen) atoms. The molecule has 0 amide bonds. The van der Waals surface area contributed by atoms with Crippen LogP contribution in [0.25, 0.3) is 16.7 Å². The van der Waals surface area contributed by atoms with E-state index < -0.39 is 0 Å². The highest BCUT2D eigenvalue weighted by molar-refractivity contribution is 5.91. The maximum atomic E-state index is 15.2. The first kappa shape index (κ1) is 20.4. The van der Waals surface area contributed by atoms with E-state index in [1.807, 2.05) is 29.8 Å². The summed E-state index contributed by atoms with van der Waals surface area (Å²) in [5.41, 5.74) is 2.44. The van der Waals surface area contributed by atoms with Crippen molar-refractivity contribution in [2.24, 2.45) is 0 Å². The van der Waals surface area contributed by atoms with Crippen molar-refractivity contribution in [3.8, 4) is 0 Å². The lowest BCUT2D eigenvalue weighted by atomic mass is 10.1. The van der Waals surface area contributed by atoms with Crippen LogP contribution in [0.5, 0.6) is 0 Å². The van der Waals surface area contributed by atoms with E-state index in [0.717, 1.165) is 24.3 Å². The predicted molar refractivity (Wildman–Crippen MR) is 122 cm³/mol. The highest BCUT2D eigenvalue weighted by Gasteiger charge is 2.22. The molecule has 0 spiro atoms. The Morgan fingerprint density at radius 2 is 1.97 bits per heavy atom. The molecule has 0 bridgehead atoms. The lowest BCUT2D eigenvalue weighted by Gasteiger charge is -2.36. The van der Waals surface area contributed by atoms with E-state index >= 15 is 4.39 Å². The molecule has 1 aliphatic rings. The predicted octanol–water partition coefficient (Wildman–Crippen LogP) is 2.03. The minimum absolute atomic E-state index is 0.0877. The molecule has 9 nitrogen and oxygen atoms in total. The van der Waals surface area contributed by atoms with Crippen molar-refractivity contribution in [1.82, 2.24) is 29.2 Å². The van der Waals surface area contributed by atoms with Gasteiger partial charge in [-0.3, -0.25) is 19.1 Å². The molecule has 1 aromatic carbocycles. The Bertz CT molecular complexity index is 1340. The Labute approximate surface area is 183 Å². The molecular formula is C22H25FN8O. The first-order valence-corrected chi connectivity index (χ1v) is 10.8. The van der Waals surface area contributed by atoms with Crippen molar-refractivity contribution in [3.05, 3.63) is 58.3 Å². The Hall–Kier alpha value is -3.53. The highest BCUT2D eigenvalue weighted by atomic mass is 19.1. The Morgan fingerprint density at radius 3 is 2.72 bits per heavy atom. The van der Waals surface area contributed by atoms with E-state index in [4.69, 9.17) is 0 Å². The van der Waals surface area contributed by atoms with Crippen LogP contribution in [0.4, 0.5) is 15.9 Å². The van der Waals surface area contributed by atoms with E-state index in [2.05, 4.69) is 35.1 Å². The van der Waals surface area contributed by atoms with Gasteiger partial charge in [0, 0.05) is 63.1 Å². The minimum Gasteiger partial charge on any atom is -0.373 e. The molecule has 166 valence electrons. The summed E-state index contributed by atoms with van der Waals surface area (Å²) in [6.45, 7) is 5.62. The van der Waals surface area contributed by atoms with Crippen molar-refractivity contribution < 1.29 is 4.39 Å². The van der Waals surface area contributed by atoms with Gasteiger partial charge in [-0.25, -0.2) is 19.3 Å². The number of benzene rings is 1. The van der Waals surface area contributed by atoms with Crippen molar-refractivity contribution in [2.75, 3.05) is 43.4 Å². The Balaban J connectivity index is 1.30. The molecule has 4 heterocycles. The SMILES string of the molecule is CCc1cn2cc(CN3CCN(c4ccc5c(NC)ncnc5c4F)CC3)nc2[nH]c1=O. The number of halogens is 1. The second kappa shape index (κ2) is 8.19. The Morgan fingerprint density at radius 1 is 1.16 bits per heavy atom. The standard InChI is InChI=1S/C22H25FN8O/c1-3-14-10-31-12-15(27-22(31)28-21(14)32)11-29-6-8-30(9-7-29)17-5-4-16-19(18(17)23)25-13-26-20(16)24-2/h4-5,10,12-13H,3,6-9,11H2,1-2H3,(H,24,25,26)(H,27,28,32). The maximum Gasteiger partial charge on any atom is 0.255 e. The number of imidazole rings is 1. The average Bonchev–Trinajstić information content (AvgIpc) is 3.20. The lowest BCUT2D eigenvalue weighted by molar-refractivity contribution is 0.247. The topological polar surface area (TPSA) is 94.4 Å². The van der Waals surface area contributed by atoms with Gasteiger partial charge in [-0.15, -0.1) is 0 Å². The van der Waals surface area contributed by atoms with Crippen LogP contribution in [-0.2, 0) is 13.0 Å². The Kier molecular flexibility index (Phi) is 5.22. The van der Waals surface area contributed by atoms with Crippen LogP contribution in [0.1, 0.15) is 18.2 Å². The molecule has 0 unspecified atom stereocenters. The average molecular weight is 436 g/mol. The summed E-state index contributed by atoms with van der Waals surface area (Å²) < 4.78 is 17.1. The fourth-order valence-corrected chi connectivity index (χ4v) is 4.28. The second-order valence-electron chi connectivity index (χ2n) is 7.96. The van der Waals surface area contributed by atoms with E-state index in [-0.39, 0.29) is 11.4 Å². The molecule has 1 aliphatic heterocycles. The third-order valence-corrected chi connectivity index (χ3v) is 6.03. The molecule has 0 saturated carbocycles. The molecule has 5 rings (SSSR count). The highest BCUT2D eigenvalue weighted by Crippen LogP contribution is 2.29. The molecule has 2 N–H and O–H groups in total. The quantitative estimate of drug-likeness (QED) is 0.494. The first-order valence-electron chi connectivity index (χ1n) is 10.8. The van der Waals surface area contributed by atoms with Gasteiger partial charge < -0.3 is 10.2 Å². The van der Waals surface area contributed by atoms with E-state index in [1.165, 1.54) is 6.33 Å². The second-order valence-corrected chi connectivity index (χ2v) is 7.96. The maximum absolute atomic E-state index is 15.2. The molecule has 1 saturated heterocycles. The van der Waals surface area contributed by atoms with Gasteiger partial charge in [0.25, 0.3) is 5.56 Å². The molecule has 1 fully saturated rings. The summed E-state index contributed by atoms with van der Waals surface area (Å²) in [7, 11) is 1.76. The summed E-state index contributed by atoms with van der Waals surface area (Å²) in [5.74, 6) is 0.859. The normalized spacial score (nSPS) is 15.0. The van der Waals surface area contributed by atoms with Gasteiger partial charge in [0.2, 0.25) is 5.78 Å². The van der Waals surface area contributed by atoms with Crippen molar-refractivity contribution >= 4 is 28.2 Å². The van der Waals surface area contributed by atoms with Crippen molar-refractivity contribution in [1.29, 1.82) is 0 Å². The van der Waals surface area contributed by atoms with E-state index in [0.29, 0.717) is 54.2 Å². The summed E-state index contributed by atoms with van der Waals surface area (Å²) in [4.78, 5) is 32.1. The molecule has 4 aromatic rings. The monoisotopic (exact) mass is 436 g/mol. The first-order chi connectivity index (χ1) is 15.6. The molecule has 3 aromatic heterocycles. The molecular weight excluding hydrogens is 411 g/mol. The molecule has 0 radical (unpaired) electrons. The number of H-pyrrole nitrogens is 1. The molecule has 0 atom stereocenters. The van der Waals surface area contributed by atoms with Crippen LogP contribution in [0.3, 0.4) is 0 Å². The van der Waals surface area contributed by atoms with Gasteiger partial charge >= 0.3 is 0 Å². The third-order valence-electron chi connectivity index (χ3n) is 6.03. The number of aromatic amines is 1. The summed E-state index contributed by atoms with van der Waals surface area (Å²) in [6, 6.07) is 3.68. The van der Waals surface area contributed by atoms with Crippen LogP contribution in [0.15, 0.2) is 35.6 Å². The third kappa shape index (κ3) is 3.56. The summed E-state index contributed by atoms with van der Waals surface area (Å²) in [6.07, 6.45) is 5.85. The zero-order chi connectivity index (χ0) is 22.2. The molecule has 10 heteroatoms. The van der Waals surface area contributed by atoms with Crippen molar-refractivity contribution in [2.45, 2.75) is 19.9 Å². The fourth-order valence-electron chi connectivity index (χ4n) is 4.28. The number of hydrogen-bond donors (Lipinski definition) is 2. The number of piperazine rings is 1. The molecule has 0 aliphatic carbocycles. The minimum atomic E-state index is -0.314. The van der Waals surface area contributed by atoms with Gasteiger partial charge in [0.1, 0.15) is 17.7 Å². The largest absolute Gasteiger partial charge is 0.373 e. The van der Waals surface area contributed by atoms with Gasteiger partial charge in [-0.2, -0.15) is 0 Å². The van der Waals surface area contributed by atoms with Crippen LogP contribution in [0, 0.1) is 5.82 Å². The number of aromatic nitrogens is 5. The number of aryl methyl sites for hydroxylation is 1. The summed E-state index contributed by atoms with van der Waals surface area (Å²) in [5, 5.41) is 3.65. The van der Waals surface area contributed by atoms with E-state index in [1.54, 1.807) is 13.1 Å². The van der Waals surface area contributed by atoms with Gasteiger partial charge in [-0.1, -0.05) is 6.92 Å². The van der Waals surface area contributed by atoms with Crippen LogP contribution in [-0.4, -0.2) is 62.5 Å². The number of nitrogens with zero attached hydrogens (tertiary/aromatic N) is 6. The zero-order valence-corrected chi connectivity index (χ0v) is 18.1. The number of fused-ring (bicyclic) bond motifs is 2. The number of rotatable bonds is 5. The summed E-state index contributed by atoms with van der Waals surface area (Å²) >= 11 is 0. The smallest absolute Gasteiger partial charge is 0.255 e. The van der Waals surface area contributed by atoms with Crippen LogP contribution in [0.2, 0.25) is 0 Å². The van der Waals surface area contributed by atoms with E-state index in [9.17, 15) is 4.79 Å².